The predicted octanol–water partition coefficient (Wildman–Crippen LogP) is 1.81. The molecule has 2 N–H and O–H groups in total. The van der Waals surface area contributed by atoms with Gasteiger partial charge >= 0.3 is 0 Å². The zero-order valence-corrected chi connectivity index (χ0v) is 17.8. The molecule has 2 atom stereocenters. The summed E-state index contributed by atoms with van der Waals surface area (Å²) >= 11 is 0. The maximum Gasteiger partial charge on any atom is 0.275 e. The first-order valence-electron chi connectivity index (χ1n) is 10.1. The molecule has 29 heavy (non-hydrogen) atoms. The van der Waals surface area contributed by atoms with Crippen LogP contribution in [0.15, 0.2) is 42.5 Å². The third-order valence-electron chi connectivity index (χ3n) is 5.63. The Morgan fingerprint density at radius 1 is 1.14 bits per heavy atom. The van der Waals surface area contributed by atoms with Gasteiger partial charge in [0.05, 0.1) is 26.3 Å². The van der Waals surface area contributed by atoms with Gasteiger partial charge in [-0.1, -0.05) is 12.1 Å². The second-order valence-electron chi connectivity index (χ2n) is 7.73. The van der Waals surface area contributed by atoms with Crippen molar-refractivity contribution >= 4 is 11.6 Å². The van der Waals surface area contributed by atoms with Crippen molar-refractivity contribution in [1.29, 1.82) is 0 Å². The molecule has 0 radical (unpaired) electrons. The Kier molecular flexibility index (Phi) is 6.99. The van der Waals surface area contributed by atoms with E-state index >= 15 is 0 Å². The average Bonchev–Trinajstić information content (AvgIpc) is 3.19. The average molecular weight is 399 g/mol. The molecule has 1 fully saturated rings. The number of amides is 1. The van der Waals surface area contributed by atoms with Crippen molar-refractivity contribution < 1.29 is 19.2 Å². The van der Waals surface area contributed by atoms with Crippen LogP contribution in [0.5, 0.6) is 11.5 Å². The van der Waals surface area contributed by atoms with E-state index in [0.717, 1.165) is 47.7 Å². The molecule has 1 saturated heterocycles. The fourth-order valence-electron chi connectivity index (χ4n) is 3.99. The zero-order chi connectivity index (χ0) is 20.8. The summed E-state index contributed by atoms with van der Waals surface area (Å²) in [5.41, 5.74) is 3.40. The SMILES string of the molecule is COc1ccc([C@@H]2CCC[NH+]2CC(=O)NCc2ccc(N(C)C)cc2)c(OC)c1. The number of benzene rings is 2. The lowest BCUT2D eigenvalue weighted by Gasteiger charge is -2.23. The fourth-order valence-corrected chi connectivity index (χ4v) is 3.99. The van der Waals surface area contributed by atoms with Gasteiger partial charge in [0.25, 0.3) is 5.91 Å². The molecule has 1 unspecified atom stereocenters. The standard InChI is InChI=1S/C23H31N3O3/c1-25(2)18-9-7-17(8-10-18)15-24-23(27)16-26-13-5-6-21(26)20-12-11-19(28-3)14-22(20)29-4/h7-12,14,21H,5-6,13,15-16H2,1-4H3,(H,24,27)/p+1/t21-/m0/s1. The molecule has 0 spiro atoms. The maximum absolute atomic E-state index is 12.6. The number of likely N-dealkylation sites (tertiary alicyclic amines) is 1. The first kappa shape index (κ1) is 21.0. The third kappa shape index (κ3) is 5.21. The topological polar surface area (TPSA) is 55.2 Å². The fraction of sp³-hybridized carbons (Fsp3) is 0.435. The molecule has 2 aromatic rings. The number of ether oxygens (including phenoxy) is 2. The van der Waals surface area contributed by atoms with Gasteiger partial charge in [0.1, 0.15) is 17.5 Å². The summed E-state index contributed by atoms with van der Waals surface area (Å²) in [6.07, 6.45) is 2.16. The third-order valence-corrected chi connectivity index (χ3v) is 5.63. The lowest BCUT2D eigenvalue weighted by molar-refractivity contribution is -0.910. The van der Waals surface area contributed by atoms with Gasteiger partial charge in [0.15, 0.2) is 6.54 Å². The molecule has 0 aromatic heterocycles. The molecule has 0 saturated carbocycles. The molecule has 2 aromatic carbocycles. The van der Waals surface area contributed by atoms with Gasteiger partial charge < -0.3 is 24.6 Å². The Morgan fingerprint density at radius 3 is 2.55 bits per heavy atom. The van der Waals surface area contributed by atoms with Crippen molar-refractivity contribution in [1.82, 2.24) is 5.32 Å². The second kappa shape index (κ2) is 9.65. The summed E-state index contributed by atoms with van der Waals surface area (Å²) in [4.78, 5) is 15.9. The monoisotopic (exact) mass is 398 g/mol. The predicted molar refractivity (Wildman–Crippen MR) is 115 cm³/mol. The molecule has 0 bridgehead atoms. The number of hydrogen-bond donors (Lipinski definition) is 2. The van der Waals surface area contributed by atoms with Crippen molar-refractivity contribution in [3.05, 3.63) is 53.6 Å². The summed E-state index contributed by atoms with van der Waals surface area (Å²) < 4.78 is 10.9. The van der Waals surface area contributed by atoms with Crippen molar-refractivity contribution in [3.63, 3.8) is 0 Å². The summed E-state index contributed by atoms with van der Waals surface area (Å²) in [5.74, 6) is 1.69. The number of anilines is 1. The van der Waals surface area contributed by atoms with Crippen LogP contribution in [0.25, 0.3) is 0 Å². The van der Waals surface area contributed by atoms with Crippen LogP contribution in [0, 0.1) is 0 Å². The van der Waals surface area contributed by atoms with Crippen LogP contribution in [-0.4, -0.2) is 47.3 Å². The summed E-state index contributed by atoms with van der Waals surface area (Å²) in [7, 11) is 7.37. The van der Waals surface area contributed by atoms with E-state index < -0.39 is 0 Å². The highest BCUT2D eigenvalue weighted by Crippen LogP contribution is 2.31. The zero-order valence-electron chi connectivity index (χ0n) is 17.8. The number of carbonyl (C=O) groups excluding carboxylic acids is 1. The van der Waals surface area contributed by atoms with Crippen molar-refractivity contribution in [2.24, 2.45) is 0 Å². The van der Waals surface area contributed by atoms with E-state index in [0.29, 0.717) is 13.1 Å². The van der Waals surface area contributed by atoms with Gasteiger partial charge in [-0.25, -0.2) is 0 Å². The largest absolute Gasteiger partial charge is 0.497 e. The molecule has 6 heteroatoms. The molecule has 156 valence electrons. The van der Waals surface area contributed by atoms with Gasteiger partial charge in [-0.15, -0.1) is 0 Å². The quantitative estimate of drug-likeness (QED) is 0.712. The van der Waals surface area contributed by atoms with E-state index in [1.807, 2.05) is 26.2 Å². The first-order chi connectivity index (χ1) is 14.0. The van der Waals surface area contributed by atoms with Crippen molar-refractivity contribution in [2.45, 2.75) is 25.4 Å². The van der Waals surface area contributed by atoms with E-state index in [9.17, 15) is 4.79 Å². The van der Waals surface area contributed by atoms with Gasteiger partial charge in [0.2, 0.25) is 0 Å². The number of nitrogens with zero attached hydrogens (tertiary/aromatic N) is 1. The van der Waals surface area contributed by atoms with E-state index in [-0.39, 0.29) is 11.9 Å². The minimum atomic E-state index is 0.0797. The van der Waals surface area contributed by atoms with E-state index in [1.54, 1.807) is 14.2 Å². The summed E-state index contributed by atoms with van der Waals surface area (Å²) in [6, 6.07) is 14.5. The van der Waals surface area contributed by atoms with E-state index in [1.165, 1.54) is 4.90 Å². The second-order valence-corrected chi connectivity index (χ2v) is 7.73. The van der Waals surface area contributed by atoms with Crippen LogP contribution < -0.4 is 24.6 Å². The summed E-state index contributed by atoms with van der Waals surface area (Å²) in [6.45, 7) is 2.01. The number of rotatable bonds is 8. The Morgan fingerprint density at radius 2 is 1.90 bits per heavy atom. The highest BCUT2D eigenvalue weighted by molar-refractivity contribution is 5.76. The van der Waals surface area contributed by atoms with Crippen LogP contribution in [-0.2, 0) is 11.3 Å². The number of quaternary nitrogens is 1. The van der Waals surface area contributed by atoms with Gasteiger partial charge in [-0.05, 0) is 29.8 Å². The lowest BCUT2D eigenvalue weighted by atomic mass is 10.0. The molecular formula is C23H32N3O3+. The number of methoxy groups -OCH3 is 2. The van der Waals surface area contributed by atoms with E-state index in [4.69, 9.17) is 9.47 Å². The number of hydrogen-bond acceptors (Lipinski definition) is 4. The Bertz CT molecular complexity index is 821. The minimum absolute atomic E-state index is 0.0797. The molecule has 1 aliphatic rings. The molecule has 1 amide bonds. The maximum atomic E-state index is 12.6. The van der Waals surface area contributed by atoms with Gasteiger partial charge in [-0.2, -0.15) is 0 Å². The lowest BCUT2D eigenvalue weighted by Crippen LogP contribution is -3.11. The minimum Gasteiger partial charge on any atom is -0.497 e. The molecule has 6 nitrogen and oxygen atoms in total. The molecule has 0 aliphatic carbocycles. The molecule has 1 aliphatic heterocycles. The van der Waals surface area contributed by atoms with Gasteiger partial charge in [-0.3, -0.25) is 4.79 Å². The van der Waals surface area contributed by atoms with Crippen molar-refractivity contribution in [3.8, 4) is 11.5 Å². The van der Waals surface area contributed by atoms with Crippen LogP contribution in [0.1, 0.15) is 30.0 Å². The molecule has 3 rings (SSSR count). The van der Waals surface area contributed by atoms with Crippen LogP contribution in [0.4, 0.5) is 5.69 Å². The molecular weight excluding hydrogens is 366 g/mol. The van der Waals surface area contributed by atoms with Gasteiger partial charge in [0, 0.05) is 45.2 Å². The Labute approximate surface area is 173 Å². The number of nitrogens with one attached hydrogen (secondary N) is 2. The smallest absolute Gasteiger partial charge is 0.275 e. The summed E-state index contributed by atoms with van der Waals surface area (Å²) in [5, 5.41) is 3.07. The Hall–Kier alpha value is -2.73. The van der Waals surface area contributed by atoms with E-state index in [2.05, 4.69) is 40.5 Å². The van der Waals surface area contributed by atoms with Crippen LogP contribution in [0.2, 0.25) is 0 Å². The highest BCUT2D eigenvalue weighted by atomic mass is 16.5. The normalized spacial score (nSPS) is 18.3. The Balaban J connectivity index is 1.59. The van der Waals surface area contributed by atoms with Crippen molar-refractivity contribution in [2.75, 3.05) is 46.3 Å². The van der Waals surface area contributed by atoms with Crippen LogP contribution in [0.3, 0.4) is 0 Å². The van der Waals surface area contributed by atoms with Crippen LogP contribution >= 0.6 is 0 Å². The first-order valence-corrected chi connectivity index (χ1v) is 10.1. The molecule has 1 heterocycles. The highest BCUT2D eigenvalue weighted by Gasteiger charge is 2.33. The number of carbonyl (C=O) groups is 1.